The van der Waals surface area contributed by atoms with Crippen molar-refractivity contribution in [2.75, 3.05) is 0 Å². The molecule has 0 aliphatic rings. The summed E-state index contributed by atoms with van der Waals surface area (Å²) in [6.07, 6.45) is 0. The fourth-order valence-electron chi connectivity index (χ4n) is 3.19. The number of carbonyl (C=O) groups is 2. The van der Waals surface area contributed by atoms with Gasteiger partial charge in [-0.1, -0.05) is 29.8 Å². The van der Waals surface area contributed by atoms with Gasteiger partial charge in [-0.15, -0.1) is 11.3 Å². The second-order valence-electron chi connectivity index (χ2n) is 6.26. The fourth-order valence-corrected chi connectivity index (χ4v) is 4.61. The standard InChI is InChI=1S/C20H17ClN4O2S/c1-3-25-11(2)22-14-10-12(8-9-15(14)25)19(26)23-24-20(27)18-17(21)13-6-4-5-7-16(13)28-18/h4-10H,3H2,1-2H3,(H,23,26)(H,24,27). The van der Waals surface area contributed by atoms with E-state index in [1.807, 2.05) is 44.2 Å². The van der Waals surface area contributed by atoms with E-state index in [1.165, 1.54) is 11.3 Å². The molecule has 2 amide bonds. The number of carbonyl (C=O) groups excluding carboxylic acids is 2. The van der Waals surface area contributed by atoms with Gasteiger partial charge in [-0.2, -0.15) is 0 Å². The summed E-state index contributed by atoms with van der Waals surface area (Å²) in [5, 5.41) is 1.20. The van der Waals surface area contributed by atoms with Crippen molar-refractivity contribution in [2.45, 2.75) is 20.4 Å². The van der Waals surface area contributed by atoms with Gasteiger partial charge in [0.05, 0.1) is 16.1 Å². The Hall–Kier alpha value is -2.90. The average Bonchev–Trinajstić information content (AvgIpc) is 3.21. The Labute approximate surface area is 170 Å². The normalized spacial score (nSPS) is 11.1. The topological polar surface area (TPSA) is 76.0 Å². The number of imidazole rings is 1. The highest BCUT2D eigenvalue weighted by Gasteiger charge is 2.18. The zero-order valence-electron chi connectivity index (χ0n) is 15.2. The molecule has 0 unspecified atom stereocenters. The van der Waals surface area contributed by atoms with Crippen LogP contribution in [0.5, 0.6) is 0 Å². The highest BCUT2D eigenvalue weighted by atomic mass is 35.5. The molecular weight excluding hydrogens is 396 g/mol. The Bertz CT molecular complexity index is 1230. The number of benzene rings is 2. The molecule has 142 valence electrons. The van der Waals surface area contributed by atoms with Crippen LogP contribution >= 0.6 is 22.9 Å². The van der Waals surface area contributed by atoms with Gasteiger partial charge in [0.1, 0.15) is 10.7 Å². The maximum Gasteiger partial charge on any atom is 0.281 e. The number of nitrogens with one attached hydrogen (secondary N) is 2. The SMILES string of the molecule is CCn1c(C)nc2cc(C(=O)NNC(=O)c3sc4ccccc4c3Cl)ccc21. The molecule has 0 bridgehead atoms. The predicted molar refractivity (Wildman–Crippen MR) is 112 cm³/mol. The van der Waals surface area contributed by atoms with Crippen LogP contribution in [0.4, 0.5) is 0 Å². The Morgan fingerprint density at radius 1 is 1.14 bits per heavy atom. The van der Waals surface area contributed by atoms with Crippen molar-refractivity contribution < 1.29 is 9.59 Å². The Morgan fingerprint density at radius 2 is 1.89 bits per heavy atom. The van der Waals surface area contributed by atoms with E-state index in [4.69, 9.17) is 11.6 Å². The molecular formula is C20H17ClN4O2S. The van der Waals surface area contributed by atoms with E-state index in [0.29, 0.717) is 15.5 Å². The van der Waals surface area contributed by atoms with E-state index in [-0.39, 0.29) is 0 Å². The summed E-state index contributed by atoms with van der Waals surface area (Å²) in [6.45, 7) is 4.78. The fraction of sp³-hybridized carbons (Fsp3) is 0.150. The van der Waals surface area contributed by atoms with Crippen molar-refractivity contribution in [2.24, 2.45) is 0 Å². The first-order valence-corrected chi connectivity index (χ1v) is 9.93. The predicted octanol–water partition coefficient (Wildman–Crippen LogP) is 4.31. The number of fused-ring (bicyclic) bond motifs is 2. The average molecular weight is 413 g/mol. The first kappa shape index (κ1) is 18.5. The monoisotopic (exact) mass is 412 g/mol. The van der Waals surface area contributed by atoms with Gasteiger partial charge in [0, 0.05) is 22.2 Å². The molecule has 4 rings (SSSR count). The van der Waals surface area contributed by atoms with Crippen LogP contribution in [0.3, 0.4) is 0 Å². The zero-order valence-corrected chi connectivity index (χ0v) is 16.8. The Morgan fingerprint density at radius 3 is 2.64 bits per heavy atom. The van der Waals surface area contributed by atoms with Crippen molar-refractivity contribution in [3.05, 3.63) is 63.8 Å². The minimum Gasteiger partial charge on any atom is -0.329 e. The highest BCUT2D eigenvalue weighted by Crippen LogP contribution is 2.34. The van der Waals surface area contributed by atoms with Crippen molar-refractivity contribution in [3.8, 4) is 0 Å². The molecule has 6 nitrogen and oxygen atoms in total. The van der Waals surface area contributed by atoms with Gasteiger partial charge in [-0.05, 0) is 38.1 Å². The number of hydrogen-bond donors (Lipinski definition) is 2. The molecule has 2 aromatic carbocycles. The molecule has 4 aromatic rings. The summed E-state index contributed by atoms with van der Waals surface area (Å²) >= 11 is 7.59. The van der Waals surface area contributed by atoms with Crippen LogP contribution in [0, 0.1) is 6.92 Å². The lowest BCUT2D eigenvalue weighted by atomic mass is 10.2. The third-order valence-corrected chi connectivity index (χ3v) is 6.22. The molecule has 2 aromatic heterocycles. The zero-order chi connectivity index (χ0) is 19.8. The smallest absolute Gasteiger partial charge is 0.281 e. The number of aryl methyl sites for hydroxylation is 2. The summed E-state index contributed by atoms with van der Waals surface area (Å²) in [6, 6.07) is 12.8. The van der Waals surface area contributed by atoms with E-state index in [1.54, 1.807) is 12.1 Å². The quantitative estimate of drug-likeness (QED) is 0.492. The maximum absolute atomic E-state index is 12.5. The lowest BCUT2D eigenvalue weighted by Crippen LogP contribution is -2.41. The first-order chi connectivity index (χ1) is 13.5. The van der Waals surface area contributed by atoms with Gasteiger partial charge < -0.3 is 4.57 Å². The first-order valence-electron chi connectivity index (χ1n) is 8.74. The van der Waals surface area contributed by atoms with Gasteiger partial charge in [-0.3, -0.25) is 20.4 Å². The van der Waals surface area contributed by atoms with E-state index in [2.05, 4.69) is 20.4 Å². The summed E-state index contributed by atoms with van der Waals surface area (Å²) in [5.74, 6) is 0.0192. The van der Waals surface area contributed by atoms with Crippen molar-refractivity contribution in [1.82, 2.24) is 20.4 Å². The molecule has 0 saturated heterocycles. The lowest BCUT2D eigenvalue weighted by Gasteiger charge is -2.07. The second-order valence-corrected chi connectivity index (χ2v) is 7.69. The minimum absolute atomic E-state index is 0.357. The van der Waals surface area contributed by atoms with Crippen molar-refractivity contribution in [3.63, 3.8) is 0 Å². The van der Waals surface area contributed by atoms with E-state index in [0.717, 1.165) is 33.5 Å². The van der Waals surface area contributed by atoms with Crippen LogP contribution in [-0.4, -0.2) is 21.4 Å². The van der Waals surface area contributed by atoms with Gasteiger partial charge in [0.15, 0.2) is 0 Å². The molecule has 0 radical (unpaired) electrons. The van der Waals surface area contributed by atoms with Crippen molar-refractivity contribution >= 4 is 55.9 Å². The number of halogens is 1. The van der Waals surface area contributed by atoms with Gasteiger partial charge in [0.25, 0.3) is 11.8 Å². The highest BCUT2D eigenvalue weighted by molar-refractivity contribution is 7.21. The van der Waals surface area contributed by atoms with Crippen LogP contribution in [0.25, 0.3) is 21.1 Å². The van der Waals surface area contributed by atoms with Crippen LogP contribution < -0.4 is 10.9 Å². The summed E-state index contributed by atoms with van der Waals surface area (Å²) in [5.41, 5.74) is 7.01. The van der Waals surface area contributed by atoms with E-state index in [9.17, 15) is 9.59 Å². The van der Waals surface area contributed by atoms with Gasteiger partial charge in [0.2, 0.25) is 0 Å². The van der Waals surface area contributed by atoms with Crippen LogP contribution in [0.2, 0.25) is 5.02 Å². The van der Waals surface area contributed by atoms with Crippen LogP contribution in [0.1, 0.15) is 32.8 Å². The number of aromatic nitrogens is 2. The number of amides is 2. The number of nitrogens with zero attached hydrogens (tertiary/aromatic N) is 2. The molecule has 2 N–H and O–H groups in total. The summed E-state index contributed by atoms with van der Waals surface area (Å²) < 4.78 is 2.98. The Kier molecular flexibility index (Phi) is 4.78. The molecule has 0 saturated carbocycles. The number of rotatable bonds is 3. The minimum atomic E-state index is -0.452. The molecule has 0 atom stereocenters. The second kappa shape index (κ2) is 7.26. The largest absolute Gasteiger partial charge is 0.329 e. The van der Waals surface area contributed by atoms with Gasteiger partial charge in [-0.25, -0.2) is 4.98 Å². The van der Waals surface area contributed by atoms with E-state index >= 15 is 0 Å². The summed E-state index contributed by atoms with van der Waals surface area (Å²) in [4.78, 5) is 29.7. The molecule has 0 aliphatic carbocycles. The molecule has 28 heavy (non-hydrogen) atoms. The number of hydrogen-bond acceptors (Lipinski definition) is 4. The third kappa shape index (κ3) is 3.12. The van der Waals surface area contributed by atoms with Crippen LogP contribution in [0.15, 0.2) is 42.5 Å². The lowest BCUT2D eigenvalue weighted by molar-refractivity contribution is 0.0849. The van der Waals surface area contributed by atoms with Gasteiger partial charge >= 0.3 is 0 Å². The molecule has 8 heteroatoms. The number of thiophene rings is 1. The molecule has 0 aliphatic heterocycles. The molecule has 2 heterocycles. The maximum atomic E-state index is 12.5. The van der Waals surface area contributed by atoms with E-state index < -0.39 is 11.8 Å². The molecule has 0 spiro atoms. The third-order valence-electron chi connectivity index (χ3n) is 4.55. The number of hydrazine groups is 1. The summed E-state index contributed by atoms with van der Waals surface area (Å²) in [7, 11) is 0. The van der Waals surface area contributed by atoms with Crippen molar-refractivity contribution in [1.29, 1.82) is 0 Å². The van der Waals surface area contributed by atoms with Crippen LogP contribution in [-0.2, 0) is 6.54 Å². The molecule has 0 fully saturated rings. The Balaban J connectivity index is 1.51.